The maximum atomic E-state index is 6.38. The van der Waals surface area contributed by atoms with Crippen LogP contribution in [0.3, 0.4) is 0 Å². The zero-order chi connectivity index (χ0) is 13.3. The van der Waals surface area contributed by atoms with E-state index in [1.54, 1.807) is 0 Å². The number of hydrogen-bond acceptors (Lipinski definition) is 3. The van der Waals surface area contributed by atoms with Gasteiger partial charge in [0.25, 0.3) is 0 Å². The molecule has 1 aromatic rings. The second-order valence-corrected chi connectivity index (χ2v) is 6.95. The van der Waals surface area contributed by atoms with Gasteiger partial charge in [-0.25, -0.2) is 0 Å². The quantitative estimate of drug-likeness (QED) is 0.732. The highest BCUT2D eigenvalue weighted by Gasteiger charge is 2.45. The standard InChI is InChI=1S/C16H18ClNO2/c17-11-5-12-14-13(6-11)16-10(2-4-20-16)8-18(14)7-9-1-3-19-15(9)12/h5-6,9-10,15-16H,1-4,7-8H2/t9-,10-,15-,16-/m1/s1. The fourth-order valence-corrected chi connectivity index (χ4v) is 4.83. The van der Waals surface area contributed by atoms with Crippen molar-refractivity contribution in [2.75, 3.05) is 31.2 Å². The molecule has 0 spiro atoms. The largest absolute Gasteiger partial charge is 0.373 e. The lowest BCUT2D eigenvalue weighted by Crippen LogP contribution is -2.43. The molecule has 0 unspecified atom stereocenters. The van der Waals surface area contributed by atoms with E-state index in [-0.39, 0.29) is 12.2 Å². The Hall–Kier alpha value is -0.770. The van der Waals surface area contributed by atoms with Gasteiger partial charge >= 0.3 is 0 Å². The van der Waals surface area contributed by atoms with Crippen LogP contribution in [0.5, 0.6) is 0 Å². The van der Waals surface area contributed by atoms with Crippen molar-refractivity contribution < 1.29 is 9.47 Å². The third kappa shape index (κ3) is 1.49. The second-order valence-electron chi connectivity index (χ2n) is 6.52. The van der Waals surface area contributed by atoms with Gasteiger partial charge in [-0.2, -0.15) is 0 Å². The number of ether oxygens (including phenoxy) is 2. The van der Waals surface area contributed by atoms with E-state index < -0.39 is 0 Å². The number of hydrogen-bond donors (Lipinski definition) is 0. The predicted molar refractivity (Wildman–Crippen MR) is 77.3 cm³/mol. The monoisotopic (exact) mass is 291 g/mol. The molecule has 0 saturated carbocycles. The first kappa shape index (κ1) is 11.8. The van der Waals surface area contributed by atoms with Crippen LogP contribution in [-0.2, 0) is 9.47 Å². The highest BCUT2D eigenvalue weighted by molar-refractivity contribution is 6.30. The van der Waals surface area contributed by atoms with Crippen molar-refractivity contribution in [3.05, 3.63) is 28.3 Å². The zero-order valence-corrected chi connectivity index (χ0v) is 12.1. The van der Waals surface area contributed by atoms with Crippen LogP contribution in [0.15, 0.2) is 12.1 Å². The SMILES string of the molecule is Clc1cc2c3c(c1)[C@@H]1OCC[C@@H]1CN3C[C@H]1CCO[C@@H]21. The first-order chi connectivity index (χ1) is 9.81. The molecule has 4 heteroatoms. The minimum Gasteiger partial charge on any atom is -0.373 e. The van der Waals surface area contributed by atoms with Crippen LogP contribution in [0, 0.1) is 11.8 Å². The molecular weight excluding hydrogens is 274 g/mol. The van der Waals surface area contributed by atoms with Gasteiger partial charge in [-0.15, -0.1) is 0 Å². The molecule has 0 bridgehead atoms. The van der Waals surface area contributed by atoms with Crippen LogP contribution in [-0.4, -0.2) is 26.3 Å². The molecule has 106 valence electrons. The third-order valence-corrected chi connectivity index (χ3v) is 5.62. The van der Waals surface area contributed by atoms with Crippen molar-refractivity contribution in [1.29, 1.82) is 0 Å². The molecular formula is C16H18ClNO2. The van der Waals surface area contributed by atoms with Gasteiger partial charge in [0.15, 0.2) is 0 Å². The highest BCUT2D eigenvalue weighted by Crippen LogP contribution is 2.53. The van der Waals surface area contributed by atoms with E-state index in [1.165, 1.54) is 29.7 Å². The van der Waals surface area contributed by atoms with E-state index in [2.05, 4.69) is 17.0 Å². The lowest BCUT2D eigenvalue weighted by molar-refractivity contribution is 0.0754. The Bertz CT molecular complexity index is 531. The molecule has 5 rings (SSSR count). The van der Waals surface area contributed by atoms with Crippen LogP contribution >= 0.6 is 11.6 Å². The summed E-state index contributed by atoms with van der Waals surface area (Å²) < 4.78 is 12.0. The number of anilines is 1. The average Bonchev–Trinajstić information content (AvgIpc) is 3.06. The molecule has 1 aromatic carbocycles. The van der Waals surface area contributed by atoms with Gasteiger partial charge in [-0.05, 0) is 25.0 Å². The maximum Gasteiger partial charge on any atom is 0.0891 e. The molecule has 2 fully saturated rings. The molecule has 2 saturated heterocycles. The van der Waals surface area contributed by atoms with Crippen molar-refractivity contribution >= 4 is 17.3 Å². The lowest BCUT2D eigenvalue weighted by atomic mass is 9.81. The maximum absolute atomic E-state index is 6.38. The smallest absolute Gasteiger partial charge is 0.0891 e. The van der Waals surface area contributed by atoms with Gasteiger partial charge in [0, 0.05) is 60.0 Å². The Morgan fingerprint density at radius 3 is 2.05 bits per heavy atom. The van der Waals surface area contributed by atoms with E-state index in [4.69, 9.17) is 21.1 Å². The number of nitrogens with zero attached hydrogens (tertiary/aromatic N) is 1. The van der Waals surface area contributed by atoms with Crippen molar-refractivity contribution in [2.45, 2.75) is 25.0 Å². The van der Waals surface area contributed by atoms with E-state index in [0.29, 0.717) is 11.8 Å². The van der Waals surface area contributed by atoms with Crippen molar-refractivity contribution in [3.63, 3.8) is 0 Å². The average molecular weight is 292 g/mol. The molecule has 0 radical (unpaired) electrons. The number of rotatable bonds is 0. The molecule has 0 aromatic heterocycles. The Morgan fingerprint density at radius 1 is 0.950 bits per heavy atom. The Morgan fingerprint density at radius 2 is 1.50 bits per heavy atom. The first-order valence-electron chi connectivity index (χ1n) is 7.63. The summed E-state index contributed by atoms with van der Waals surface area (Å²) in [5.41, 5.74) is 3.96. The summed E-state index contributed by atoms with van der Waals surface area (Å²) in [6.45, 7) is 4.03. The third-order valence-electron chi connectivity index (χ3n) is 5.40. The summed E-state index contributed by atoms with van der Waals surface area (Å²) in [4.78, 5) is 2.58. The predicted octanol–water partition coefficient (Wildman–Crippen LogP) is 3.33. The molecule has 3 nitrogen and oxygen atoms in total. The van der Waals surface area contributed by atoms with Crippen LogP contribution in [0.2, 0.25) is 5.02 Å². The molecule has 4 heterocycles. The molecule has 0 aliphatic carbocycles. The molecule has 0 N–H and O–H groups in total. The number of benzene rings is 1. The van der Waals surface area contributed by atoms with Crippen molar-refractivity contribution in [1.82, 2.24) is 0 Å². The fraction of sp³-hybridized carbons (Fsp3) is 0.625. The van der Waals surface area contributed by atoms with Crippen molar-refractivity contribution in [2.24, 2.45) is 11.8 Å². The van der Waals surface area contributed by atoms with Gasteiger partial charge < -0.3 is 14.4 Å². The van der Waals surface area contributed by atoms with E-state index in [1.807, 2.05) is 0 Å². The molecule has 4 aliphatic rings. The summed E-state index contributed by atoms with van der Waals surface area (Å²) in [6, 6.07) is 4.23. The second kappa shape index (κ2) is 4.12. The summed E-state index contributed by atoms with van der Waals surface area (Å²) in [6.07, 6.45) is 2.84. The summed E-state index contributed by atoms with van der Waals surface area (Å²) >= 11 is 6.38. The van der Waals surface area contributed by atoms with Gasteiger partial charge in [0.1, 0.15) is 0 Å². The Balaban J connectivity index is 1.73. The van der Waals surface area contributed by atoms with E-state index >= 15 is 0 Å². The molecule has 4 aliphatic heterocycles. The van der Waals surface area contributed by atoms with Crippen LogP contribution < -0.4 is 4.90 Å². The van der Waals surface area contributed by atoms with Crippen molar-refractivity contribution in [3.8, 4) is 0 Å². The van der Waals surface area contributed by atoms with Crippen LogP contribution in [0.4, 0.5) is 5.69 Å². The van der Waals surface area contributed by atoms with Gasteiger partial charge in [0.05, 0.1) is 12.2 Å². The summed E-state index contributed by atoms with van der Waals surface area (Å²) in [5, 5.41) is 0.825. The summed E-state index contributed by atoms with van der Waals surface area (Å²) in [5.74, 6) is 1.26. The summed E-state index contributed by atoms with van der Waals surface area (Å²) in [7, 11) is 0. The zero-order valence-electron chi connectivity index (χ0n) is 11.3. The van der Waals surface area contributed by atoms with Crippen LogP contribution in [0.25, 0.3) is 0 Å². The normalized spacial score (nSPS) is 37.5. The number of halogens is 1. The minimum absolute atomic E-state index is 0.247. The van der Waals surface area contributed by atoms with Gasteiger partial charge in [-0.3, -0.25) is 0 Å². The van der Waals surface area contributed by atoms with E-state index in [9.17, 15) is 0 Å². The highest BCUT2D eigenvalue weighted by atomic mass is 35.5. The number of fused-ring (bicyclic) bond motifs is 4. The molecule has 20 heavy (non-hydrogen) atoms. The molecule has 0 amide bonds. The first-order valence-corrected chi connectivity index (χ1v) is 8.00. The van der Waals surface area contributed by atoms with Gasteiger partial charge in [0.2, 0.25) is 0 Å². The fourth-order valence-electron chi connectivity index (χ4n) is 4.59. The Labute approximate surface area is 123 Å². The molecule has 4 atom stereocenters. The topological polar surface area (TPSA) is 21.7 Å². The van der Waals surface area contributed by atoms with Crippen LogP contribution in [0.1, 0.15) is 36.2 Å². The Kier molecular flexibility index (Phi) is 2.44. The van der Waals surface area contributed by atoms with E-state index in [0.717, 1.165) is 31.3 Å². The lowest BCUT2D eigenvalue weighted by Gasteiger charge is -2.45. The van der Waals surface area contributed by atoms with Gasteiger partial charge in [-0.1, -0.05) is 11.6 Å². The minimum atomic E-state index is 0.247.